The second kappa shape index (κ2) is 6.82. The summed E-state index contributed by atoms with van der Waals surface area (Å²) in [5.74, 6) is -0.117. The molecule has 1 atom stereocenters. The Hall–Kier alpha value is -2.83. The van der Waals surface area contributed by atoms with Gasteiger partial charge < -0.3 is 26.4 Å². The molecule has 1 unspecified atom stereocenters. The fourth-order valence-electron chi connectivity index (χ4n) is 3.40. The Morgan fingerprint density at radius 1 is 1.23 bits per heavy atom. The van der Waals surface area contributed by atoms with E-state index >= 15 is 0 Å². The van der Waals surface area contributed by atoms with Crippen LogP contribution in [0.15, 0.2) is 48.2 Å². The van der Waals surface area contributed by atoms with Crippen LogP contribution in [-0.4, -0.2) is 25.6 Å². The molecule has 26 heavy (non-hydrogen) atoms. The third-order valence-corrected chi connectivity index (χ3v) is 4.71. The monoisotopic (exact) mass is 350 g/mol. The number of hydrogen-bond acceptors (Lipinski definition) is 5. The summed E-state index contributed by atoms with van der Waals surface area (Å²) in [6, 6.07) is 13.6. The van der Waals surface area contributed by atoms with Gasteiger partial charge in [-0.1, -0.05) is 12.1 Å². The Labute approximate surface area is 152 Å². The van der Waals surface area contributed by atoms with Gasteiger partial charge in [0.25, 0.3) is 5.91 Å². The van der Waals surface area contributed by atoms with Gasteiger partial charge in [0.2, 0.25) is 0 Å². The van der Waals surface area contributed by atoms with E-state index in [0.29, 0.717) is 11.3 Å². The zero-order valence-electron chi connectivity index (χ0n) is 14.6. The molecule has 0 saturated carbocycles. The minimum atomic E-state index is -0.117. The summed E-state index contributed by atoms with van der Waals surface area (Å²) < 4.78 is 5.77. The van der Waals surface area contributed by atoms with Crippen LogP contribution in [0.3, 0.4) is 0 Å². The van der Waals surface area contributed by atoms with Crippen LogP contribution < -0.4 is 21.7 Å². The largest absolute Gasteiger partial charge is 0.399 e. The van der Waals surface area contributed by atoms with Crippen molar-refractivity contribution < 1.29 is 9.53 Å². The number of nitrogens with one attached hydrogen (secondary N) is 3. The average Bonchev–Trinajstić information content (AvgIpc) is 2.98. The van der Waals surface area contributed by atoms with Gasteiger partial charge in [-0.15, -0.1) is 0 Å². The molecule has 6 heteroatoms. The molecule has 0 aliphatic carbocycles. The summed E-state index contributed by atoms with van der Waals surface area (Å²) in [6.07, 6.45) is 0.0905. The molecule has 2 aromatic rings. The molecule has 0 spiro atoms. The van der Waals surface area contributed by atoms with E-state index in [0.717, 1.165) is 47.9 Å². The summed E-state index contributed by atoms with van der Waals surface area (Å²) >= 11 is 0. The van der Waals surface area contributed by atoms with Crippen LogP contribution in [-0.2, 0) is 9.53 Å². The van der Waals surface area contributed by atoms with Gasteiger partial charge in [-0.2, -0.15) is 0 Å². The number of amides is 1. The topological polar surface area (TPSA) is 88.4 Å². The summed E-state index contributed by atoms with van der Waals surface area (Å²) in [6.45, 7) is 4.36. The number of carbonyl (C=O) groups excluding carboxylic acids is 1. The maximum Gasteiger partial charge on any atom is 0.258 e. The minimum Gasteiger partial charge on any atom is -0.399 e. The first-order valence-corrected chi connectivity index (χ1v) is 8.73. The lowest BCUT2D eigenvalue weighted by molar-refractivity contribution is -0.110. The number of anilines is 3. The number of carbonyl (C=O) groups is 1. The highest BCUT2D eigenvalue weighted by Gasteiger charge is 2.26. The first-order chi connectivity index (χ1) is 12.6. The molecular formula is C20H22N4O2. The highest BCUT2D eigenvalue weighted by molar-refractivity contribution is 6.32. The zero-order valence-corrected chi connectivity index (χ0v) is 14.6. The van der Waals surface area contributed by atoms with E-state index in [9.17, 15) is 4.79 Å². The fourth-order valence-corrected chi connectivity index (χ4v) is 3.40. The van der Waals surface area contributed by atoms with Crippen LogP contribution in [0.5, 0.6) is 0 Å². The quantitative estimate of drug-likeness (QED) is 0.505. The minimum absolute atomic E-state index is 0.0905. The normalized spacial score (nSPS) is 21.1. The molecule has 1 amide bonds. The van der Waals surface area contributed by atoms with Crippen molar-refractivity contribution in [3.05, 3.63) is 59.3 Å². The van der Waals surface area contributed by atoms with E-state index in [1.807, 2.05) is 31.2 Å². The van der Waals surface area contributed by atoms with Gasteiger partial charge in [0.05, 0.1) is 18.3 Å². The third kappa shape index (κ3) is 3.16. The smallest absolute Gasteiger partial charge is 0.258 e. The van der Waals surface area contributed by atoms with Gasteiger partial charge in [0.1, 0.15) is 0 Å². The average molecular weight is 350 g/mol. The van der Waals surface area contributed by atoms with E-state index in [-0.39, 0.29) is 12.0 Å². The number of hydrogen-bond donors (Lipinski definition) is 4. The standard InChI is InChI=1S/C20H22N4O2/c1-12(19-16-10-14(21)4-7-17(16)24-20(19)25)23-15-5-2-13(3-6-15)18-11-22-8-9-26-18/h2-7,10,18,22-23H,8-9,11,21H2,1H3,(H,24,25). The van der Waals surface area contributed by atoms with E-state index < -0.39 is 0 Å². The number of ether oxygens (including phenoxy) is 1. The molecule has 4 rings (SSSR count). The van der Waals surface area contributed by atoms with Crippen LogP contribution in [0.2, 0.25) is 0 Å². The van der Waals surface area contributed by atoms with Crippen molar-refractivity contribution in [1.82, 2.24) is 5.32 Å². The van der Waals surface area contributed by atoms with Crippen molar-refractivity contribution in [3.63, 3.8) is 0 Å². The maximum absolute atomic E-state index is 12.4. The molecule has 1 fully saturated rings. The fraction of sp³-hybridized carbons (Fsp3) is 0.250. The second-order valence-electron chi connectivity index (χ2n) is 6.57. The van der Waals surface area contributed by atoms with Crippen molar-refractivity contribution in [1.29, 1.82) is 0 Å². The molecule has 134 valence electrons. The van der Waals surface area contributed by atoms with Crippen molar-refractivity contribution in [2.24, 2.45) is 0 Å². The Bertz CT molecular complexity index is 868. The molecule has 2 aliphatic rings. The Balaban J connectivity index is 1.56. The summed E-state index contributed by atoms with van der Waals surface area (Å²) in [7, 11) is 0. The number of benzene rings is 2. The van der Waals surface area contributed by atoms with E-state index in [4.69, 9.17) is 10.5 Å². The molecule has 2 aromatic carbocycles. The van der Waals surface area contributed by atoms with Crippen LogP contribution in [0, 0.1) is 0 Å². The number of nitrogen functional groups attached to an aromatic ring is 1. The molecule has 2 aliphatic heterocycles. The molecule has 2 heterocycles. The highest BCUT2D eigenvalue weighted by Crippen LogP contribution is 2.35. The summed E-state index contributed by atoms with van der Waals surface area (Å²) in [5.41, 5.74) is 11.6. The number of nitrogens with two attached hydrogens (primary N) is 1. The lowest BCUT2D eigenvalue weighted by Gasteiger charge is -2.24. The van der Waals surface area contributed by atoms with Crippen LogP contribution in [0.25, 0.3) is 5.57 Å². The van der Waals surface area contributed by atoms with Gasteiger partial charge >= 0.3 is 0 Å². The second-order valence-corrected chi connectivity index (χ2v) is 6.57. The first-order valence-electron chi connectivity index (χ1n) is 8.73. The highest BCUT2D eigenvalue weighted by atomic mass is 16.5. The molecular weight excluding hydrogens is 328 g/mol. The maximum atomic E-state index is 12.4. The molecule has 1 saturated heterocycles. The molecule has 0 bridgehead atoms. The van der Waals surface area contributed by atoms with E-state index in [1.54, 1.807) is 6.07 Å². The zero-order chi connectivity index (χ0) is 18.1. The summed E-state index contributed by atoms with van der Waals surface area (Å²) in [4.78, 5) is 12.4. The number of rotatable bonds is 3. The molecule has 6 nitrogen and oxygen atoms in total. The molecule has 0 aromatic heterocycles. The predicted molar refractivity (Wildman–Crippen MR) is 104 cm³/mol. The number of allylic oxidation sites excluding steroid dienone is 1. The van der Waals surface area contributed by atoms with E-state index in [1.165, 1.54) is 0 Å². The van der Waals surface area contributed by atoms with Gasteiger partial charge in [-0.05, 0) is 42.8 Å². The SMILES string of the molecule is CC(Nc1ccc(C2CNCCO2)cc1)=C1C(=O)Nc2ccc(N)cc21. The Kier molecular flexibility index (Phi) is 4.36. The molecule has 0 radical (unpaired) electrons. The van der Waals surface area contributed by atoms with Crippen LogP contribution >= 0.6 is 0 Å². The van der Waals surface area contributed by atoms with E-state index in [2.05, 4.69) is 28.1 Å². The Morgan fingerprint density at radius 2 is 2.04 bits per heavy atom. The van der Waals surface area contributed by atoms with Crippen molar-refractivity contribution >= 4 is 28.5 Å². The van der Waals surface area contributed by atoms with Gasteiger partial charge in [0, 0.05) is 41.4 Å². The lowest BCUT2D eigenvalue weighted by atomic mass is 10.0. The summed E-state index contributed by atoms with van der Waals surface area (Å²) in [5, 5.41) is 9.54. The van der Waals surface area contributed by atoms with Crippen LogP contribution in [0.4, 0.5) is 17.1 Å². The van der Waals surface area contributed by atoms with Crippen molar-refractivity contribution in [2.45, 2.75) is 13.0 Å². The number of morpholine rings is 1. The van der Waals surface area contributed by atoms with Gasteiger partial charge in [-0.3, -0.25) is 4.79 Å². The van der Waals surface area contributed by atoms with Crippen molar-refractivity contribution in [3.8, 4) is 0 Å². The van der Waals surface area contributed by atoms with Gasteiger partial charge in [0.15, 0.2) is 0 Å². The molecule has 5 N–H and O–H groups in total. The number of fused-ring (bicyclic) bond motifs is 1. The third-order valence-electron chi connectivity index (χ3n) is 4.71. The van der Waals surface area contributed by atoms with Crippen molar-refractivity contribution in [2.75, 3.05) is 36.1 Å². The Morgan fingerprint density at radius 3 is 2.77 bits per heavy atom. The van der Waals surface area contributed by atoms with Gasteiger partial charge in [-0.25, -0.2) is 0 Å². The van der Waals surface area contributed by atoms with Crippen LogP contribution in [0.1, 0.15) is 24.2 Å². The first kappa shape index (κ1) is 16.6. The predicted octanol–water partition coefficient (Wildman–Crippen LogP) is 2.72. The lowest BCUT2D eigenvalue weighted by Crippen LogP contribution is -2.33.